The topological polar surface area (TPSA) is 112 Å². The maximum Gasteiger partial charge on any atom is 0.331 e. The molecular weight excluding hydrogens is 472 g/mol. The van der Waals surface area contributed by atoms with Crippen molar-refractivity contribution in [1.29, 1.82) is 5.26 Å². The molecule has 0 saturated heterocycles. The van der Waals surface area contributed by atoms with Gasteiger partial charge in [0.05, 0.1) is 35.4 Å². The molecule has 9 heteroatoms. The highest BCUT2D eigenvalue weighted by molar-refractivity contribution is 5.87. The summed E-state index contributed by atoms with van der Waals surface area (Å²) in [6.45, 7) is 5.64. The maximum atomic E-state index is 12.5. The van der Waals surface area contributed by atoms with E-state index in [0.717, 1.165) is 22.5 Å². The fraction of sp³-hybridized carbons (Fsp3) is 0.214. The number of para-hydroxylation sites is 1. The zero-order chi connectivity index (χ0) is 26.4. The molecule has 37 heavy (non-hydrogen) atoms. The Morgan fingerprint density at radius 1 is 1.08 bits per heavy atom. The fourth-order valence-electron chi connectivity index (χ4n) is 3.75. The smallest absolute Gasteiger partial charge is 0.331 e. The average Bonchev–Trinajstić information content (AvgIpc) is 3.42. The highest BCUT2D eigenvalue weighted by Gasteiger charge is 2.18. The third kappa shape index (κ3) is 5.70. The minimum Gasteiger partial charge on any atom is -0.493 e. The van der Waals surface area contributed by atoms with Crippen molar-refractivity contribution in [1.82, 2.24) is 14.9 Å². The van der Waals surface area contributed by atoms with Crippen LogP contribution in [0.5, 0.6) is 11.5 Å². The number of aromatic nitrogens is 3. The number of ether oxygens (including phenoxy) is 3. The predicted octanol–water partition coefficient (Wildman–Crippen LogP) is 5.00. The van der Waals surface area contributed by atoms with Crippen LogP contribution in [0, 0.1) is 32.1 Å². The quantitative estimate of drug-likeness (QED) is 0.234. The molecule has 0 amide bonds. The number of carbonyl (C=O) groups is 1. The van der Waals surface area contributed by atoms with E-state index in [4.69, 9.17) is 18.7 Å². The second-order valence-corrected chi connectivity index (χ2v) is 8.21. The van der Waals surface area contributed by atoms with Gasteiger partial charge in [0.15, 0.2) is 11.5 Å². The molecule has 4 rings (SSSR count). The zero-order valence-corrected chi connectivity index (χ0v) is 21.0. The number of esters is 1. The van der Waals surface area contributed by atoms with Crippen LogP contribution in [0.25, 0.3) is 11.8 Å². The molecule has 0 saturated carbocycles. The second-order valence-electron chi connectivity index (χ2n) is 8.21. The Hall–Kier alpha value is -4.84. The first-order chi connectivity index (χ1) is 17.9. The van der Waals surface area contributed by atoms with Gasteiger partial charge in [-0.2, -0.15) is 10.4 Å². The van der Waals surface area contributed by atoms with Crippen molar-refractivity contribution in [3.63, 3.8) is 0 Å². The van der Waals surface area contributed by atoms with E-state index >= 15 is 0 Å². The molecule has 0 atom stereocenters. The van der Waals surface area contributed by atoms with Crippen LogP contribution in [0.2, 0.25) is 0 Å². The summed E-state index contributed by atoms with van der Waals surface area (Å²) < 4.78 is 23.6. The Morgan fingerprint density at radius 3 is 2.54 bits per heavy atom. The number of hydrogen-bond acceptors (Lipinski definition) is 8. The Bertz CT molecular complexity index is 1460. The van der Waals surface area contributed by atoms with E-state index in [1.54, 1.807) is 43.0 Å². The highest BCUT2D eigenvalue weighted by Crippen LogP contribution is 2.30. The van der Waals surface area contributed by atoms with E-state index in [2.05, 4.69) is 16.3 Å². The van der Waals surface area contributed by atoms with Crippen molar-refractivity contribution in [3.05, 3.63) is 94.1 Å². The van der Waals surface area contributed by atoms with Gasteiger partial charge in [0, 0.05) is 6.08 Å². The Balaban J connectivity index is 1.43. The number of carbonyl (C=O) groups excluding carboxylic acids is 1. The number of nitrogens with zero attached hydrogens (tertiary/aromatic N) is 4. The third-order valence-corrected chi connectivity index (χ3v) is 5.77. The van der Waals surface area contributed by atoms with Crippen LogP contribution >= 0.6 is 0 Å². The lowest BCUT2D eigenvalue weighted by atomic mass is 10.2. The summed E-state index contributed by atoms with van der Waals surface area (Å²) in [5.41, 5.74) is 4.62. The SMILES string of the molecule is COc1cc(/C=C/C(=O)OCc2c(C#N)c(C)nn2-c2ccccc2)ccc1OCc1c(C)noc1C. The molecule has 0 fully saturated rings. The summed E-state index contributed by atoms with van der Waals surface area (Å²) in [5, 5.41) is 18.0. The lowest BCUT2D eigenvalue weighted by molar-refractivity contribution is -0.139. The molecule has 0 unspecified atom stereocenters. The van der Waals surface area contributed by atoms with E-state index in [0.29, 0.717) is 40.8 Å². The molecule has 0 N–H and O–H groups in total. The lowest BCUT2D eigenvalue weighted by Gasteiger charge is -2.11. The van der Waals surface area contributed by atoms with Crippen molar-refractivity contribution in [2.75, 3.05) is 7.11 Å². The van der Waals surface area contributed by atoms with Gasteiger partial charge in [0.1, 0.15) is 30.6 Å². The summed E-state index contributed by atoms with van der Waals surface area (Å²) in [5.74, 6) is 1.22. The molecule has 2 heterocycles. The van der Waals surface area contributed by atoms with E-state index < -0.39 is 5.97 Å². The maximum absolute atomic E-state index is 12.5. The summed E-state index contributed by atoms with van der Waals surface area (Å²) in [7, 11) is 1.55. The average molecular weight is 499 g/mol. The third-order valence-electron chi connectivity index (χ3n) is 5.77. The van der Waals surface area contributed by atoms with Crippen molar-refractivity contribution in [2.24, 2.45) is 0 Å². The van der Waals surface area contributed by atoms with Gasteiger partial charge >= 0.3 is 5.97 Å². The van der Waals surface area contributed by atoms with Crippen molar-refractivity contribution in [2.45, 2.75) is 34.0 Å². The first-order valence-corrected chi connectivity index (χ1v) is 11.5. The Labute approximate surface area is 214 Å². The molecule has 0 spiro atoms. The highest BCUT2D eigenvalue weighted by atomic mass is 16.5. The molecule has 0 radical (unpaired) electrons. The minimum atomic E-state index is -0.556. The van der Waals surface area contributed by atoms with Gasteiger partial charge in [-0.3, -0.25) is 0 Å². The zero-order valence-electron chi connectivity index (χ0n) is 21.0. The lowest BCUT2D eigenvalue weighted by Crippen LogP contribution is -2.08. The molecule has 188 valence electrons. The van der Waals surface area contributed by atoms with E-state index in [-0.39, 0.29) is 6.61 Å². The molecule has 4 aromatic rings. The molecule has 0 aliphatic heterocycles. The molecule has 2 aromatic heterocycles. The summed E-state index contributed by atoms with van der Waals surface area (Å²) in [4.78, 5) is 12.5. The van der Waals surface area contributed by atoms with Gasteiger partial charge < -0.3 is 18.7 Å². The monoisotopic (exact) mass is 498 g/mol. The van der Waals surface area contributed by atoms with E-state index in [1.165, 1.54) is 6.08 Å². The standard InChI is InChI=1S/C28H26N4O5/c1-18-23(15-29)25(32(30-18)22-8-6-5-7-9-22)17-36-28(33)13-11-21-10-12-26(27(14-21)34-4)35-16-24-19(2)31-37-20(24)3/h5-14H,16-17H2,1-4H3/b13-11+. The molecule has 0 aliphatic carbocycles. The van der Waals surface area contributed by atoms with Crippen LogP contribution in [0.1, 0.15) is 39.5 Å². The van der Waals surface area contributed by atoms with Crippen LogP contribution in [-0.4, -0.2) is 28.0 Å². The Morgan fingerprint density at radius 2 is 1.86 bits per heavy atom. The Kier molecular flexibility index (Phi) is 7.69. The number of hydrogen-bond donors (Lipinski definition) is 0. The fourth-order valence-corrected chi connectivity index (χ4v) is 3.75. The van der Waals surface area contributed by atoms with Crippen LogP contribution in [0.3, 0.4) is 0 Å². The number of rotatable bonds is 9. The van der Waals surface area contributed by atoms with Crippen molar-refractivity contribution in [3.8, 4) is 23.3 Å². The van der Waals surface area contributed by atoms with Gasteiger partial charge in [0.2, 0.25) is 0 Å². The van der Waals surface area contributed by atoms with Crippen LogP contribution in [-0.2, 0) is 22.7 Å². The second kappa shape index (κ2) is 11.3. The van der Waals surface area contributed by atoms with Gasteiger partial charge in [-0.15, -0.1) is 0 Å². The normalized spacial score (nSPS) is 10.9. The molecule has 2 aromatic carbocycles. The summed E-state index contributed by atoms with van der Waals surface area (Å²) in [6.07, 6.45) is 2.94. The summed E-state index contributed by atoms with van der Waals surface area (Å²) in [6, 6.07) is 16.9. The predicted molar refractivity (Wildman–Crippen MR) is 135 cm³/mol. The molecular formula is C28H26N4O5. The first kappa shape index (κ1) is 25.3. The van der Waals surface area contributed by atoms with Gasteiger partial charge in [-0.05, 0) is 56.7 Å². The van der Waals surface area contributed by atoms with E-state index in [9.17, 15) is 10.1 Å². The van der Waals surface area contributed by atoms with Gasteiger partial charge in [-0.1, -0.05) is 29.4 Å². The van der Waals surface area contributed by atoms with Crippen LogP contribution in [0.4, 0.5) is 0 Å². The van der Waals surface area contributed by atoms with E-state index in [1.807, 2.05) is 44.2 Å². The summed E-state index contributed by atoms with van der Waals surface area (Å²) >= 11 is 0. The van der Waals surface area contributed by atoms with Crippen molar-refractivity contribution >= 4 is 12.0 Å². The molecule has 0 aliphatic rings. The first-order valence-electron chi connectivity index (χ1n) is 11.5. The van der Waals surface area contributed by atoms with Crippen molar-refractivity contribution < 1.29 is 23.5 Å². The molecule has 9 nitrogen and oxygen atoms in total. The number of benzene rings is 2. The van der Waals surface area contributed by atoms with Gasteiger partial charge in [-0.25, -0.2) is 9.48 Å². The van der Waals surface area contributed by atoms with Gasteiger partial charge in [0.25, 0.3) is 0 Å². The molecule has 0 bridgehead atoms. The largest absolute Gasteiger partial charge is 0.493 e. The number of nitriles is 1. The minimum absolute atomic E-state index is 0.0976. The van der Waals surface area contributed by atoms with Crippen LogP contribution < -0.4 is 9.47 Å². The number of methoxy groups -OCH3 is 1. The van der Waals surface area contributed by atoms with Crippen LogP contribution in [0.15, 0.2) is 59.1 Å². The number of aryl methyl sites for hydroxylation is 3.